The summed E-state index contributed by atoms with van der Waals surface area (Å²) in [5.41, 5.74) is 28.1. The number of ether oxygens (including phenoxy) is 3. The third kappa shape index (κ3) is 13.7. The summed E-state index contributed by atoms with van der Waals surface area (Å²) in [4.78, 5) is 76.8. The van der Waals surface area contributed by atoms with Gasteiger partial charge in [-0.3, -0.25) is 29.0 Å². The first-order chi connectivity index (χ1) is 34.3. The maximum absolute atomic E-state index is 14.8. The molecule has 4 aromatic rings. The van der Waals surface area contributed by atoms with Gasteiger partial charge < -0.3 is 63.3 Å². The molecular weight excluding hydrogens is 907 g/mol. The predicted molar refractivity (Wildman–Crippen MR) is 269 cm³/mol. The average Bonchev–Trinajstić information content (AvgIpc) is 3.35. The summed E-state index contributed by atoms with van der Waals surface area (Å²) in [6.07, 6.45) is 6.87. The van der Waals surface area contributed by atoms with Crippen molar-refractivity contribution in [2.45, 2.75) is 102 Å². The molecular formula is C52H67N11O8. The smallest absolute Gasteiger partial charge is 0.255 e. The second-order valence-electron chi connectivity index (χ2n) is 17.9. The predicted octanol–water partition coefficient (Wildman–Crippen LogP) is 3.31. The number of hydrogen-bond donors (Lipinski definition) is 8. The third-order valence-electron chi connectivity index (χ3n) is 12.5. The largest absolute Gasteiger partial charge is 0.493 e. The molecule has 1 unspecified atom stereocenters. The lowest BCUT2D eigenvalue weighted by Gasteiger charge is -2.32. The van der Waals surface area contributed by atoms with Crippen LogP contribution in [0.4, 0.5) is 5.69 Å². The minimum Gasteiger partial charge on any atom is -0.493 e. The molecule has 2 heterocycles. The highest BCUT2D eigenvalue weighted by molar-refractivity contribution is 6.03. The number of aryl methyl sites for hydroxylation is 1. The zero-order valence-corrected chi connectivity index (χ0v) is 40.8. The first-order valence-electron chi connectivity index (χ1n) is 24.3. The van der Waals surface area contributed by atoms with Crippen molar-refractivity contribution < 1.29 is 38.2 Å². The summed E-state index contributed by atoms with van der Waals surface area (Å²) in [5, 5.41) is 20.0. The second-order valence-corrected chi connectivity index (χ2v) is 17.9. The number of likely N-dealkylation sites (N-methyl/N-ethyl adjacent to an activating group) is 1. The Balaban J connectivity index is 1.35. The van der Waals surface area contributed by atoms with Crippen LogP contribution in [0.15, 0.2) is 66.7 Å². The number of hydrogen-bond acceptors (Lipinski definition) is 14. The molecule has 0 spiro atoms. The number of nitriles is 1. The standard InChI is InChI=1S/C52H67N11O8/c1-31-46(40(57)30-42(59-31)34-12-15-37(16-13-34)71-36-9-5-4-6-10-36)50(66)61-41(19-22-55)52(68)63(3)47-35-14-18-45(70-26-8-21-54)39(29-35)38-27-33(11-17-44(38)69-25-7-20-53)28-43(49(65)58-24-23-56)62-48(64)32(2)60-51(47)67/h11-18,27,29-30,32,36,41,43,47H,4-10,19-22,24-26,28,53-55H2,1-3H3,(H2,57,59)(H,58,65)(H,60,67)(H,61,66)(H,62,64)/t32-,41?,43-,47-/m0/s1. The molecule has 1 aliphatic carbocycles. The Morgan fingerprint density at radius 1 is 0.873 bits per heavy atom. The molecule has 1 fully saturated rings. The molecule has 2 aliphatic rings. The Morgan fingerprint density at radius 2 is 1.54 bits per heavy atom. The number of anilines is 1. The Kier molecular flexibility index (Phi) is 19.1. The van der Waals surface area contributed by atoms with Crippen molar-refractivity contribution >= 4 is 35.2 Å². The summed E-state index contributed by atoms with van der Waals surface area (Å²) in [7, 11) is 1.42. The summed E-state index contributed by atoms with van der Waals surface area (Å²) in [5.74, 6) is -1.81. The van der Waals surface area contributed by atoms with Crippen molar-refractivity contribution in [2.75, 3.05) is 52.2 Å². The highest BCUT2D eigenvalue weighted by Crippen LogP contribution is 2.40. The van der Waals surface area contributed by atoms with Gasteiger partial charge in [-0.15, -0.1) is 0 Å². The van der Waals surface area contributed by atoms with Gasteiger partial charge in [0.1, 0.15) is 48.0 Å². The second kappa shape index (κ2) is 25.5. The molecule has 1 aliphatic heterocycles. The zero-order chi connectivity index (χ0) is 51.0. The van der Waals surface area contributed by atoms with Gasteiger partial charge in [-0.25, -0.2) is 0 Å². The van der Waals surface area contributed by atoms with Crippen LogP contribution in [0.3, 0.4) is 0 Å². The number of benzene rings is 3. The molecule has 12 N–H and O–H groups in total. The van der Waals surface area contributed by atoms with Crippen LogP contribution in [0.5, 0.6) is 17.2 Å². The number of nitrogens with one attached hydrogen (secondary N) is 4. The number of rotatable bonds is 19. The number of nitrogens with zero attached hydrogens (tertiary/aromatic N) is 3. The molecule has 3 aromatic carbocycles. The van der Waals surface area contributed by atoms with Crippen molar-refractivity contribution in [3.8, 4) is 45.7 Å². The van der Waals surface area contributed by atoms with Crippen LogP contribution in [0.25, 0.3) is 22.4 Å². The molecule has 19 heteroatoms. The van der Waals surface area contributed by atoms with Crippen molar-refractivity contribution in [1.82, 2.24) is 31.2 Å². The monoisotopic (exact) mass is 974 g/mol. The zero-order valence-electron chi connectivity index (χ0n) is 40.8. The van der Waals surface area contributed by atoms with E-state index in [2.05, 4.69) is 21.3 Å². The van der Waals surface area contributed by atoms with E-state index in [1.54, 1.807) is 49.4 Å². The van der Waals surface area contributed by atoms with Crippen molar-refractivity contribution in [3.63, 3.8) is 0 Å². The van der Waals surface area contributed by atoms with Gasteiger partial charge in [-0.1, -0.05) is 18.6 Å². The van der Waals surface area contributed by atoms with E-state index in [1.807, 2.05) is 30.3 Å². The van der Waals surface area contributed by atoms with Gasteiger partial charge in [0.15, 0.2) is 0 Å². The van der Waals surface area contributed by atoms with Gasteiger partial charge >= 0.3 is 0 Å². The van der Waals surface area contributed by atoms with E-state index in [4.69, 9.17) is 42.1 Å². The summed E-state index contributed by atoms with van der Waals surface area (Å²) in [6, 6.07) is 16.3. The number of carbonyl (C=O) groups is 5. The van der Waals surface area contributed by atoms with Gasteiger partial charge in [-0.2, -0.15) is 5.26 Å². The molecule has 19 nitrogen and oxygen atoms in total. The summed E-state index contributed by atoms with van der Waals surface area (Å²) < 4.78 is 18.7. The van der Waals surface area contributed by atoms with Gasteiger partial charge in [0.05, 0.1) is 42.3 Å². The number of amides is 5. The van der Waals surface area contributed by atoms with E-state index in [0.29, 0.717) is 71.1 Å². The van der Waals surface area contributed by atoms with Crippen LogP contribution < -0.4 is 58.4 Å². The Hall–Kier alpha value is -7.27. The molecule has 0 radical (unpaired) electrons. The summed E-state index contributed by atoms with van der Waals surface area (Å²) in [6.45, 7) is 4.04. The Labute approximate surface area is 414 Å². The van der Waals surface area contributed by atoms with Crippen molar-refractivity contribution in [2.24, 2.45) is 17.2 Å². The van der Waals surface area contributed by atoms with Crippen LogP contribution in [0.2, 0.25) is 0 Å². The Bertz CT molecular complexity index is 2540. The Morgan fingerprint density at radius 3 is 2.17 bits per heavy atom. The number of nitrogens with two attached hydrogens (primary N) is 4. The number of aromatic nitrogens is 1. The van der Waals surface area contributed by atoms with E-state index in [1.165, 1.54) is 25.3 Å². The average molecular weight is 974 g/mol. The maximum Gasteiger partial charge on any atom is 0.255 e. The molecule has 5 amide bonds. The highest BCUT2D eigenvalue weighted by Gasteiger charge is 2.36. The molecule has 6 rings (SSSR count). The van der Waals surface area contributed by atoms with Crippen LogP contribution in [0.1, 0.15) is 91.5 Å². The van der Waals surface area contributed by atoms with E-state index in [9.17, 15) is 29.2 Å². The van der Waals surface area contributed by atoms with Gasteiger partial charge in [0.2, 0.25) is 23.6 Å². The van der Waals surface area contributed by atoms with Gasteiger partial charge in [0.25, 0.3) is 5.91 Å². The lowest BCUT2D eigenvalue weighted by atomic mass is 9.93. The molecule has 0 saturated heterocycles. The first-order valence-corrected chi connectivity index (χ1v) is 24.3. The topological polar surface area (TPSA) is 305 Å². The van der Waals surface area contributed by atoms with E-state index in [0.717, 1.165) is 37.0 Å². The lowest BCUT2D eigenvalue weighted by molar-refractivity contribution is -0.141. The van der Waals surface area contributed by atoms with Crippen LogP contribution in [-0.2, 0) is 25.6 Å². The molecule has 71 heavy (non-hydrogen) atoms. The quantitative estimate of drug-likeness (QED) is 0.0494. The molecule has 378 valence electrons. The first kappa shape index (κ1) is 53.1. The van der Waals surface area contributed by atoms with Crippen LogP contribution >= 0.6 is 0 Å². The minimum absolute atomic E-state index is 0.00619. The minimum atomic E-state index is -1.42. The molecule has 4 atom stereocenters. The summed E-state index contributed by atoms with van der Waals surface area (Å²) >= 11 is 0. The van der Waals surface area contributed by atoms with E-state index >= 15 is 0 Å². The fourth-order valence-corrected chi connectivity index (χ4v) is 8.77. The highest BCUT2D eigenvalue weighted by atomic mass is 16.5. The number of nitrogen functional groups attached to an aromatic ring is 1. The maximum atomic E-state index is 14.8. The van der Waals surface area contributed by atoms with Gasteiger partial charge in [0, 0.05) is 35.8 Å². The van der Waals surface area contributed by atoms with Gasteiger partial charge in [-0.05, 0) is 144 Å². The third-order valence-corrected chi connectivity index (χ3v) is 12.5. The lowest BCUT2D eigenvalue weighted by Crippen LogP contribution is -2.56. The van der Waals surface area contributed by atoms with E-state index in [-0.39, 0.29) is 56.5 Å². The fourth-order valence-electron chi connectivity index (χ4n) is 8.77. The molecule has 1 aromatic heterocycles. The van der Waals surface area contributed by atoms with Crippen molar-refractivity contribution in [1.29, 1.82) is 5.26 Å². The van der Waals surface area contributed by atoms with Crippen LogP contribution in [0, 0.1) is 18.3 Å². The van der Waals surface area contributed by atoms with E-state index < -0.39 is 53.7 Å². The van der Waals surface area contributed by atoms with Crippen molar-refractivity contribution in [3.05, 3.63) is 89.1 Å². The van der Waals surface area contributed by atoms with Crippen LogP contribution in [-0.4, -0.2) is 110 Å². The SMILES string of the molecule is Cc1nc(-c2ccc(OC3CCCCC3)cc2)cc(N)c1C(=O)NC(CCN)C(=O)N(C)[C@@H]1C(=O)N[C@@H](C)C(=O)N[C@H](C(=O)NCC#N)Cc2ccc(OCCCN)c(c2)-c2cc1ccc2OCCCN. The number of carbonyl (C=O) groups excluding carboxylic acids is 5. The molecule has 4 bridgehead atoms. The number of pyridine rings is 1. The number of fused-ring (bicyclic) bond motifs is 5. The normalized spacial score (nSPS) is 17.6. The molecule has 1 saturated carbocycles. The fraction of sp³-hybridized carbons (Fsp3) is 0.442.